The van der Waals surface area contributed by atoms with Crippen molar-refractivity contribution in [1.29, 1.82) is 0 Å². The molecule has 0 radical (unpaired) electrons. The largest absolute Gasteiger partial charge is 0.493 e. The van der Waals surface area contributed by atoms with Crippen LogP contribution in [0.15, 0.2) is 52.5 Å². The zero-order chi connectivity index (χ0) is 21.8. The molecule has 8 nitrogen and oxygen atoms in total. The van der Waals surface area contributed by atoms with E-state index in [4.69, 9.17) is 14.0 Å². The minimum atomic E-state index is -0.294. The van der Waals surface area contributed by atoms with Gasteiger partial charge in [-0.3, -0.25) is 15.1 Å². The number of ether oxygens (including phenoxy) is 2. The molecule has 1 aromatic carbocycles. The lowest BCUT2D eigenvalue weighted by Gasteiger charge is -2.12. The van der Waals surface area contributed by atoms with Gasteiger partial charge < -0.3 is 14.0 Å². The standard InChI is InChI=1S/C22H20N4O4S/c1-13-16(14(2)30-26-13)11-29-19-8-7-15(10-20(19)28-3)21(27)25-22-24-18(12-31-22)17-6-4-5-9-23-17/h4-10,12H,11H2,1-3H3,(H,24,25,27). The maximum Gasteiger partial charge on any atom is 0.257 e. The lowest BCUT2D eigenvalue weighted by atomic mass is 10.2. The molecule has 0 saturated heterocycles. The van der Waals surface area contributed by atoms with Gasteiger partial charge in [0, 0.05) is 17.1 Å². The van der Waals surface area contributed by atoms with Crippen LogP contribution >= 0.6 is 11.3 Å². The van der Waals surface area contributed by atoms with Crippen molar-refractivity contribution in [3.63, 3.8) is 0 Å². The Hall–Kier alpha value is -3.72. The lowest BCUT2D eigenvalue weighted by Crippen LogP contribution is -2.12. The van der Waals surface area contributed by atoms with E-state index in [1.807, 2.05) is 37.4 Å². The first kappa shape index (κ1) is 20.5. The van der Waals surface area contributed by atoms with Crippen molar-refractivity contribution in [2.75, 3.05) is 12.4 Å². The van der Waals surface area contributed by atoms with Gasteiger partial charge in [0.05, 0.1) is 24.1 Å². The summed E-state index contributed by atoms with van der Waals surface area (Å²) < 4.78 is 16.4. The Morgan fingerprint density at radius 2 is 2.03 bits per heavy atom. The van der Waals surface area contributed by atoms with Gasteiger partial charge in [0.1, 0.15) is 18.1 Å². The highest BCUT2D eigenvalue weighted by Crippen LogP contribution is 2.30. The number of nitrogens with zero attached hydrogens (tertiary/aromatic N) is 3. The molecule has 0 unspecified atom stereocenters. The minimum absolute atomic E-state index is 0.290. The first-order valence-corrected chi connectivity index (χ1v) is 10.3. The fraction of sp³-hybridized carbons (Fsp3) is 0.182. The molecule has 1 amide bonds. The van der Waals surface area contributed by atoms with E-state index in [0.29, 0.717) is 40.3 Å². The van der Waals surface area contributed by atoms with E-state index in [1.165, 1.54) is 18.4 Å². The topological polar surface area (TPSA) is 99.4 Å². The number of nitrogens with one attached hydrogen (secondary N) is 1. The van der Waals surface area contributed by atoms with Gasteiger partial charge in [0.2, 0.25) is 0 Å². The number of pyridine rings is 1. The van der Waals surface area contributed by atoms with E-state index in [2.05, 4.69) is 20.4 Å². The number of carbonyl (C=O) groups is 1. The van der Waals surface area contributed by atoms with Crippen LogP contribution in [-0.4, -0.2) is 28.1 Å². The van der Waals surface area contributed by atoms with E-state index < -0.39 is 0 Å². The summed E-state index contributed by atoms with van der Waals surface area (Å²) in [5, 5.41) is 9.07. The average molecular weight is 436 g/mol. The van der Waals surface area contributed by atoms with Crippen molar-refractivity contribution < 1.29 is 18.8 Å². The highest BCUT2D eigenvalue weighted by Gasteiger charge is 2.15. The third kappa shape index (κ3) is 4.56. The Labute approximate surface area is 182 Å². The number of aromatic nitrogens is 3. The van der Waals surface area contributed by atoms with E-state index in [9.17, 15) is 4.79 Å². The molecule has 0 bridgehead atoms. The summed E-state index contributed by atoms with van der Waals surface area (Å²) in [6.07, 6.45) is 1.70. The zero-order valence-corrected chi connectivity index (χ0v) is 18.0. The number of benzene rings is 1. The van der Waals surface area contributed by atoms with Crippen LogP contribution in [0.25, 0.3) is 11.4 Å². The second kappa shape index (κ2) is 8.97. The Morgan fingerprint density at radius 3 is 2.74 bits per heavy atom. The molecule has 0 fully saturated rings. The van der Waals surface area contributed by atoms with Gasteiger partial charge in [0.25, 0.3) is 5.91 Å². The molecule has 0 atom stereocenters. The zero-order valence-electron chi connectivity index (χ0n) is 17.2. The SMILES string of the molecule is COc1cc(C(=O)Nc2nc(-c3ccccn3)cs2)ccc1OCc1c(C)noc1C. The molecule has 3 heterocycles. The van der Waals surface area contributed by atoms with E-state index >= 15 is 0 Å². The van der Waals surface area contributed by atoms with Crippen molar-refractivity contribution in [2.45, 2.75) is 20.5 Å². The van der Waals surface area contributed by atoms with Crippen LogP contribution in [0.5, 0.6) is 11.5 Å². The van der Waals surface area contributed by atoms with E-state index in [-0.39, 0.29) is 5.91 Å². The Kier molecular flexibility index (Phi) is 5.94. The Balaban J connectivity index is 1.46. The quantitative estimate of drug-likeness (QED) is 0.450. The highest BCUT2D eigenvalue weighted by atomic mass is 32.1. The van der Waals surface area contributed by atoms with Crippen molar-refractivity contribution >= 4 is 22.4 Å². The fourth-order valence-corrected chi connectivity index (χ4v) is 3.62. The smallest absolute Gasteiger partial charge is 0.257 e. The number of amides is 1. The summed E-state index contributed by atoms with van der Waals surface area (Å²) >= 11 is 1.34. The van der Waals surface area contributed by atoms with Crippen molar-refractivity contribution in [2.24, 2.45) is 0 Å². The third-order valence-electron chi connectivity index (χ3n) is 4.63. The molecule has 3 aromatic heterocycles. The number of methoxy groups -OCH3 is 1. The molecule has 4 rings (SSSR count). The van der Waals surface area contributed by atoms with E-state index in [0.717, 1.165) is 17.0 Å². The molecule has 1 N–H and O–H groups in total. The Morgan fingerprint density at radius 1 is 1.16 bits per heavy atom. The van der Waals surface area contributed by atoms with Gasteiger partial charge in [-0.25, -0.2) is 4.98 Å². The number of thiazole rings is 1. The van der Waals surface area contributed by atoms with E-state index in [1.54, 1.807) is 24.4 Å². The molecule has 31 heavy (non-hydrogen) atoms. The van der Waals surface area contributed by atoms with Crippen LogP contribution < -0.4 is 14.8 Å². The normalized spacial score (nSPS) is 10.7. The molecular weight excluding hydrogens is 416 g/mol. The average Bonchev–Trinajstić information content (AvgIpc) is 3.39. The lowest BCUT2D eigenvalue weighted by molar-refractivity contribution is 0.102. The molecule has 9 heteroatoms. The van der Waals surface area contributed by atoms with Crippen LogP contribution in [0.4, 0.5) is 5.13 Å². The summed E-state index contributed by atoms with van der Waals surface area (Å²) in [4.78, 5) is 21.4. The number of anilines is 1. The van der Waals surface area contributed by atoms with Crippen LogP contribution in [0, 0.1) is 13.8 Å². The minimum Gasteiger partial charge on any atom is -0.493 e. The maximum atomic E-state index is 12.7. The molecule has 158 valence electrons. The van der Waals surface area contributed by atoms with Gasteiger partial charge in [-0.1, -0.05) is 11.2 Å². The van der Waals surface area contributed by atoms with Gasteiger partial charge in [-0.2, -0.15) is 0 Å². The van der Waals surface area contributed by atoms with Gasteiger partial charge in [0.15, 0.2) is 16.6 Å². The summed E-state index contributed by atoms with van der Waals surface area (Å²) in [5.74, 6) is 1.39. The van der Waals surface area contributed by atoms with Gasteiger partial charge >= 0.3 is 0 Å². The third-order valence-corrected chi connectivity index (χ3v) is 5.39. The molecular formula is C22H20N4O4S. The van der Waals surface area contributed by atoms with Crippen LogP contribution in [-0.2, 0) is 6.61 Å². The summed E-state index contributed by atoms with van der Waals surface area (Å²) in [5.41, 5.74) is 3.55. The van der Waals surface area contributed by atoms with Crippen molar-refractivity contribution in [3.8, 4) is 22.9 Å². The Bertz CT molecular complexity index is 1180. The second-order valence-electron chi connectivity index (χ2n) is 6.66. The summed E-state index contributed by atoms with van der Waals surface area (Å²) in [7, 11) is 1.53. The highest BCUT2D eigenvalue weighted by molar-refractivity contribution is 7.14. The van der Waals surface area contributed by atoms with Gasteiger partial charge in [-0.05, 0) is 44.2 Å². The van der Waals surface area contributed by atoms with Crippen molar-refractivity contribution in [3.05, 3.63) is 70.6 Å². The number of hydrogen-bond donors (Lipinski definition) is 1. The first-order chi connectivity index (χ1) is 15.0. The van der Waals surface area contributed by atoms with Crippen molar-refractivity contribution in [1.82, 2.24) is 15.1 Å². The van der Waals surface area contributed by atoms with Crippen LogP contribution in [0.2, 0.25) is 0 Å². The van der Waals surface area contributed by atoms with Crippen LogP contribution in [0.3, 0.4) is 0 Å². The van der Waals surface area contributed by atoms with Crippen LogP contribution in [0.1, 0.15) is 27.4 Å². The molecule has 0 aliphatic carbocycles. The summed E-state index contributed by atoms with van der Waals surface area (Å²) in [6, 6.07) is 10.6. The molecule has 4 aromatic rings. The summed E-state index contributed by atoms with van der Waals surface area (Å²) in [6.45, 7) is 3.98. The second-order valence-corrected chi connectivity index (χ2v) is 7.52. The molecule has 0 aliphatic rings. The predicted molar refractivity (Wildman–Crippen MR) is 117 cm³/mol. The number of rotatable bonds is 7. The molecule has 0 aliphatic heterocycles. The number of aryl methyl sites for hydroxylation is 2. The molecule has 0 saturated carbocycles. The monoisotopic (exact) mass is 436 g/mol. The fourth-order valence-electron chi connectivity index (χ4n) is 2.92. The molecule has 0 spiro atoms. The number of carbonyl (C=O) groups excluding carboxylic acids is 1. The van der Waals surface area contributed by atoms with Gasteiger partial charge in [-0.15, -0.1) is 11.3 Å². The first-order valence-electron chi connectivity index (χ1n) is 9.46. The maximum absolute atomic E-state index is 12.7. The number of hydrogen-bond acceptors (Lipinski definition) is 8. The predicted octanol–water partition coefficient (Wildman–Crippen LogP) is 4.65.